The van der Waals surface area contributed by atoms with Gasteiger partial charge in [0.05, 0.1) is 17.6 Å². The summed E-state index contributed by atoms with van der Waals surface area (Å²) < 4.78 is 5.60. The zero-order valence-electron chi connectivity index (χ0n) is 10.5. The minimum Gasteiger partial charge on any atom is -0.481 e. The average Bonchev–Trinajstić information content (AvgIpc) is 2.41. The fourth-order valence-corrected chi connectivity index (χ4v) is 2.28. The number of hydrogen-bond acceptors (Lipinski definition) is 5. The lowest BCUT2D eigenvalue weighted by Crippen LogP contribution is -2.34. The summed E-state index contributed by atoms with van der Waals surface area (Å²) in [4.78, 5) is 10.4. The highest BCUT2D eigenvalue weighted by Gasteiger charge is 2.27. The summed E-state index contributed by atoms with van der Waals surface area (Å²) in [6, 6.07) is 4.26. The Morgan fingerprint density at radius 2 is 2.11 bits per heavy atom. The standard InChI is InChI=1S/C13H17NO5/c15-8-9-5-6-10(14(17)18)13(7-9)19-12-4-2-1-3-11(12)16/h5-7,11-12,15-16H,1-4,8H2. The van der Waals surface area contributed by atoms with Crippen molar-refractivity contribution >= 4 is 5.69 Å². The number of aliphatic hydroxyl groups excluding tert-OH is 2. The number of aliphatic hydroxyl groups is 2. The third-order valence-corrected chi connectivity index (χ3v) is 3.35. The minimum absolute atomic E-state index is 0.113. The second-order valence-electron chi connectivity index (χ2n) is 4.73. The van der Waals surface area contributed by atoms with Gasteiger partial charge < -0.3 is 14.9 Å². The largest absolute Gasteiger partial charge is 0.481 e. The van der Waals surface area contributed by atoms with E-state index in [9.17, 15) is 15.2 Å². The first-order valence-corrected chi connectivity index (χ1v) is 6.34. The van der Waals surface area contributed by atoms with E-state index < -0.39 is 17.1 Å². The van der Waals surface area contributed by atoms with E-state index in [-0.39, 0.29) is 18.0 Å². The van der Waals surface area contributed by atoms with E-state index >= 15 is 0 Å². The van der Waals surface area contributed by atoms with Gasteiger partial charge in [-0.1, -0.05) is 6.42 Å². The first kappa shape index (κ1) is 13.8. The Morgan fingerprint density at radius 1 is 1.37 bits per heavy atom. The molecule has 6 nitrogen and oxygen atoms in total. The number of benzene rings is 1. The summed E-state index contributed by atoms with van der Waals surface area (Å²) >= 11 is 0. The summed E-state index contributed by atoms with van der Waals surface area (Å²) in [6.45, 7) is -0.207. The van der Waals surface area contributed by atoms with Crippen LogP contribution >= 0.6 is 0 Å². The van der Waals surface area contributed by atoms with Gasteiger partial charge in [0, 0.05) is 6.07 Å². The molecule has 0 heterocycles. The van der Waals surface area contributed by atoms with Gasteiger partial charge in [-0.05, 0) is 37.0 Å². The fraction of sp³-hybridized carbons (Fsp3) is 0.538. The van der Waals surface area contributed by atoms with Crippen molar-refractivity contribution in [2.24, 2.45) is 0 Å². The molecular formula is C13H17NO5. The monoisotopic (exact) mass is 267 g/mol. The van der Waals surface area contributed by atoms with Crippen LogP contribution < -0.4 is 4.74 Å². The molecule has 0 saturated heterocycles. The second kappa shape index (κ2) is 5.99. The van der Waals surface area contributed by atoms with E-state index in [2.05, 4.69) is 0 Å². The Labute approximate surface area is 110 Å². The lowest BCUT2D eigenvalue weighted by molar-refractivity contribution is -0.386. The van der Waals surface area contributed by atoms with Crippen LogP contribution in [0.5, 0.6) is 5.75 Å². The molecule has 1 aromatic rings. The molecule has 2 N–H and O–H groups in total. The molecule has 0 radical (unpaired) electrons. The molecule has 0 amide bonds. The lowest BCUT2D eigenvalue weighted by atomic mass is 9.95. The molecule has 0 aromatic heterocycles. The van der Waals surface area contributed by atoms with E-state index in [0.29, 0.717) is 18.4 Å². The summed E-state index contributed by atoms with van der Waals surface area (Å²) in [5, 5.41) is 29.9. The van der Waals surface area contributed by atoms with Crippen molar-refractivity contribution in [3.63, 3.8) is 0 Å². The highest BCUT2D eigenvalue weighted by Crippen LogP contribution is 2.32. The van der Waals surface area contributed by atoms with Gasteiger partial charge >= 0.3 is 5.69 Å². The normalized spacial score (nSPS) is 23.1. The number of hydrogen-bond donors (Lipinski definition) is 2. The molecule has 0 spiro atoms. The molecule has 1 aliphatic rings. The Bertz CT molecular complexity index is 462. The quantitative estimate of drug-likeness (QED) is 0.640. The molecular weight excluding hydrogens is 250 g/mol. The maximum atomic E-state index is 10.9. The van der Waals surface area contributed by atoms with Crippen molar-refractivity contribution in [3.8, 4) is 5.75 Å². The SMILES string of the molecule is O=[N+]([O-])c1ccc(CO)cc1OC1CCCCC1O. The van der Waals surface area contributed by atoms with Crippen molar-refractivity contribution in [2.75, 3.05) is 0 Å². The predicted molar refractivity (Wildman–Crippen MR) is 67.9 cm³/mol. The maximum absolute atomic E-state index is 10.9. The summed E-state index contributed by atoms with van der Waals surface area (Å²) in [5.74, 6) is 0.113. The van der Waals surface area contributed by atoms with Crippen molar-refractivity contribution in [3.05, 3.63) is 33.9 Å². The Balaban J connectivity index is 2.23. The van der Waals surface area contributed by atoms with Gasteiger partial charge in [-0.3, -0.25) is 10.1 Å². The van der Waals surface area contributed by atoms with Crippen LogP contribution in [0.1, 0.15) is 31.2 Å². The summed E-state index contributed by atoms with van der Waals surface area (Å²) in [6.07, 6.45) is 2.21. The van der Waals surface area contributed by atoms with Gasteiger partial charge in [0.25, 0.3) is 0 Å². The van der Waals surface area contributed by atoms with E-state index in [1.807, 2.05) is 0 Å². The summed E-state index contributed by atoms with van der Waals surface area (Å²) in [5.41, 5.74) is 0.404. The molecule has 2 unspecified atom stereocenters. The number of nitrogens with zero attached hydrogens (tertiary/aromatic N) is 1. The first-order valence-electron chi connectivity index (χ1n) is 6.34. The van der Waals surface area contributed by atoms with Gasteiger partial charge in [-0.25, -0.2) is 0 Å². The molecule has 19 heavy (non-hydrogen) atoms. The number of nitro benzene ring substituents is 1. The molecule has 104 valence electrons. The van der Waals surface area contributed by atoms with E-state index in [1.165, 1.54) is 18.2 Å². The van der Waals surface area contributed by atoms with Crippen LogP contribution in [0.25, 0.3) is 0 Å². The zero-order chi connectivity index (χ0) is 13.8. The molecule has 6 heteroatoms. The van der Waals surface area contributed by atoms with Gasteiger partial charge in [-0.2, -0.15) is 0 Å². The Morgan fingerprint density at radius 3 is 2.74 bits per heavy atom. The van der Waals surface area contributed by atoms with Crippen LogP contribution in [-0.4, -0.2) is 27.3 Å². The Kier molecular flexibility index (Phi) is 4.34. The fourth-order valence-electron chi connectivity index (χ4n) is 2.28. The molecule has 2 atom stereocenters. The number of ether oxygens (including phenoxy) is 1. The zero-order valence-corrected chi connectivity index (χ0v) is 10.5. The first-order chi connectivity index (χ1) is 9.11. The van der Waals surface area contributed by atoms with Crippen molar-refractivity contribution in [1.29, 1.82) is 0 Å². The average molecular weight is 267 g/mol. The van der Waals surface area contributed by atoms with E-state index in [4.69, 9.17) is 9.84 Å². The lowest BCUT2D eigenvalue weighted by Gasteiger charge is -2.28. The molecule has 1 fully saturated rings. The van der Waals surface area contributed by atoms with Crippen LogP contribution in [0.2, 0.25) is 0 Å². The number of nitro groups is 1. The third-order valence-electron chi connectivity index (χ3n) is 3.35. The topological polar surface area (TPSA) is 92.8 Å². The minimum atomic E-state index is -0.592. The molecule has 0 aliphatic heterocycles. The van der Waals surface area contributed by atoms with Crippen molar-refractivity contribution in [1.82, 2.24) is 0 Å². The maximum Gasteiger partial charge on any atom is 0.310 e. The van der Waals surface area contributed by atoms with Crippen LogP contribution in [0, 0.1) is 10.1 Å². The predicted octanol–water partition coefficient (Wildman–Crippen LogP) is 1.77. The Hall–Kier alpha value is -1.66. The van der Waals surface area contributed by atoms with Gasteiger partial charge in [-0.15, -0.1) is 0 Å². The second-order valence-corrected chi connectivity index (χ2v) is 4.73. The highest BCUT2D eigenvalue weighted by molar-refractivity contribution is 5.48. The molecule has 0 bridgehead atoms. The van der Waals surface area contributed by atoms with Crippen LogP contribution in [0.3, 0.4) is 0 Å². The van der Waals surface area contributed by atoms with Gasteiger partial charge in [0.2, 0.25) is 0 Å². The summed E-state index contributed by atoms with van der Waals surface area (Å²) in [7, 11) is 0. The molecule has 1 saturated carbocycles. The van der Waals surface area contributed by atoms with Crippen LogP contribution in [0.15, 0.2) is 18.2 Å². The highest BCUT2D eigenvalue weighted by atomic mass is 16.6. The smallest absolute Gasteiger partial charge is 0.310 e. The number of rotatable bonds is 4. The third kappa shape index (κ3) is 3.21. The molecule has 1 aliphatic carbocycles. The van der Waals surface area contributed by atoms with Gasteiger partial charge in [0.15, 0.2) is 5.75 Å². The van der Waals surface area contributed by atoms with Crippen LogP contribution in [-0.2, 0) is 6.61 Å². The van der Waals surface area contributed by atoms with Crippen molar-refractivity contribution in [2.45, 2.75) is 44.5 Å². The molecule has 2 rings (SSSR count). The van der Waals surface area contributed by atoms with E-state index in [0.717, 1.165) is 12.8 Å². The van der Waals surface area contributed by atoms with Crippen LogP contribution in [0.4, 0.5) is 5.69 Å². The van der Waals surface area contributed by atoms with Gasteiger partial charge in [0.1, 0.15) is 6.10 Å². The van der Waals surface area contributed by atoms with E-state index in [1.54, 1.807) is 0 Å². The van der Waals surface area contributed by atoms with Crippen molar-refractivity contribution < 1.29 is 19.9 Å². The molecule has 1 aromatic carbocycles.